The van der Waals surface area contributed by atoms with Crippen LogP contribution in [0, 0.1) is 18.7 Å². The van der Waals surface area contributed by atoms with E-state index < -0.39 is 17.8 Å². The van der Waals surface area contributed by atoms with Gasteiger partial charge in [0.1, 0.15) is 5.82 Å². The lowest BCUT2D eigenvalue weighted by atomic mass is 9.99. The summed E-state index contributed by atoms with van der Waals surface area (Å²) in [6, 6.07) is 1.88. The quantitative estimate of drug-likeness (QED) is 0.793. The van der Waals surface area contributed by atoms with Crippen molar-refractivity contribution < 1.29 is 18.7 Å². The van der Waals surface area contributed by atoms with Crippen LogP contribution in [-0.4, -0.2) is 62.7 Å². The van der Waals surface area contributed by atoms with Crippen LogP contribution in [0.15, 0.2) is 18.3 Å². The molecule has 2 atom stereocenters. The van der Waals surface area contributed by atoms with Crippen molar-refractivity contribution in [3.05, 3.63) is 41.5 Å². The molecule has 2 aliphatic heterocycles. The number of hydrogen-bond donors (Lipinski definition) is 2. The first-order valence-corrected chi connectivity index (χ1v) is 9.71. The maximum Gasteiger partial charge on any atom is 0.276 e. The van der Waals surface area contributed by atoms with Crippen LogP contribution in [0.25, 0.3) is 0 Å². The molecule has 10 heteroatoms. The zero-order chi connectivity index (χ0) is 20.4. The Kier molecular flexibility index (Phi) is 5.52. The topological polar surface area (TPSA) is 113 Å². The molecular weight excluding hydrogens is 379 g/mol. The van der Waals surface area contributed by atoms with Gasteiger partial charge >= 0.3 is 0 Å². The number of likely N-dealkylation sites (tertiary alicyclic amines) is 1. The molecule has 154 valence electrons. The molecule has 2 aromatic heterocycles. The summed E-state index contributed by atoms with van der Waals surface area (Å²) in [4.78, 5) is 35.4. The van der Waals surface area contributed by atoms with E-state index in [1.807, 2.05) is 0 Å². The van der Waals surface area contributed by atoms with Gasteiger partial charge in [0.25, 0.3) is 5.91 Å². The van der Waals surface area contributed by atoms with Gasteiger partial charge in [-0.15, -0.1) is 0 Å². The van der Waals surface area contributed by atoms with E-state index >= 15 is 0 Å². The number of H-pyrrole nitrogens is 1. The highest BCUT2D eigenvalue weighted by Gasteiger charge is 2.41. The van der Waals surface area contributed by atoms with Gasteiger partial charge in [0.2, 0.25) is 5.91 Å². The molecular formula is C19H23FN6O3. The third-order valence-electron chi connectivity index (χ3n) is 5.37. The molecule has 0 aliphatic carbocycles. The molecule has 2 fully saturated rings. The van der Waals surface area contributed by atoms with Gasteiger partial charge in [-0.3, -0.25) is 14.7 Å². The van der Waals surface area contributed by atoms with Gasteiger partial charge in [-0.05, 0) is 38.3 Å². The Morgan fingerprint density at radius 1 is 1.34 bits per heavy atom. The zero-order valence-electron chi connectivity index (χ0n) is 16.1. The standard InChI is InChI=1S/C19H23FN6O3/c1-11-22-17(25-24-11)15-9-13(23-18(27)12-4-7-29-8-5-12)10-26(15)19(28)16-14(20)3-2-6-21-16/h2-3,6,12-13,15H,4-5,7-10H2,1H3,(H,23,27)(H,22,24,25)/t13-,15-/m0/s1. The van der Waals surface area contributed by atoms with E-state index in [0.717, 1.165) is 0 Å². The van der Waals surface area contributed by atoms with Crippen molar-refractivity contribution in [3.8, 4) is 0 Å². The van der Waals surface area contributed by atoms with E-state index in [1.165, 1.54) is 23.2 Å². The minimum Gasteiger partial charge on any atom is -0.381 e. The summed E-state index contributed by atoms with van der Waals surface area (Å²) in [6.07, 6.45) is 3.20. The second kappa shape index (κ2) is 8.24. The number of nitrogens with zero attached hydrogens (tertiary/aromatic N) is 4. The number of ether oxygens (including phenoxy) is 1. The summed E-state index contributed by atoms with van der Waals surface area (Å²) in [5.41, 5.74) is -0.249. The maximum atomic E-state index is 14.1. The van der Waals surface area contributed by atoms with Crippen molar-refractivity contribution >= 4 is 11.8 Å². The van der Waals surface area contributed by atoms with Gasteiger partial charge in [0.15, 0.2) is 17.3 Å². The van der Waals surface area contributed by atoms with Crippen LogP contribution in [0.3, 0.4) is 0 Å². The molecule has 0 unspecified atom stereocenters. The molecule has 2 aromatic rings. The highest BCUT2D eigenvalue weighted by molar-refractivity contribution is 5.93. The Bertz CT molecular complexity index is 898. The fourth-order valence-electron chi connectivity index (χ4n) is 3.88. The number of aryl methyl sites for hydroxylation is 1. The van der Waals surface area contributed by atoms with Crippen LogP contribution in [0.5, 0.6) is 0 Å². The van der Waals surface area contributed by atoms with Crippen LogP contribution in [0.2, 0.25) is 0 Å². The summed E-state index contributed by atoms with van der Waals surface area (Å²) in [5.74, 6) is -0.302. The average molecular weight is 402 g/mol. The summed E-state index contributed by atoms with van der Waals surface area (Å²) >= 11 is 0. The van der Waals surface area contributed by atoms with E-state index in [9.17, 15) is 14.0 Å². The number of carbonyl (C=O) groups excluding carboxylic acids is 2. The van der Waals surface area contributed by atoms with Crippen LogP contribution in [0.1, 0.15) is 47.4 Å². The van der Waals surface area contributed by atoms with Crippen molar-refractivity contribution in [2.24, 2.45) is 5.92 Å². The van der Waals surface area contributed by atoms with E-state index in [0.29, 0.717) is 44.1 Å². The van der Waals surface area contributed by atoms with E-state index in [2.05, 4.69) is 25.5 Å². The molecule has 2 saturated heterocycles. The molecule has 2 aliphatic rings. The highest BCUT2D eigenvalue weighted by atomic mass is 19.1. The molecule has 0 spiro atoms. The number of carbonyl (C=O) groups is 2. The lowest BCUT2D eigenvalue weighted by Crippen LogP contribution is -2.42. The lowest BCUT2D eigenvalue weighted by molar-refractivity contribution is -0.128. The number of aromatic amines is 1. The fraction of sp³-hybridized carbons (Fsp3) is 0.526. The largest absolute Gasteiger partial charge is 0.381 e. The number of pyridine rings is 1. The van der Waals surface area contributed by atoms with E-state index in [-0.39, 0.29) is 30.1 Å². The average Bonchev–Trinajstić information content (AvgIpc) is 3.34. The van der Waals surface area contributed by atoms with E-state index in [1.54, 1.807) is 6.92 Å². The normalized spacial score (nSPS) is 22.6. The first-order valence-electron chi connectivity index (χ1n) is 9.71. The number of halogens is 1. The maximum absolute atomic E-state index is 14.1. The minimum absolute atomic E-state index is 0.0402. The number of nitrogens with one attached hydrogen (secondary N) is 2. The zero-order valence-corrected chi connectivity index (χ0v) is 16.1. The third-order valence-corrected chi connectivity index (χ3v) is 5.37. The Labute approximate surface area is 167 Å². The lowest BCUT2D eigenvalue weighted by Gasteiger charge is -2.23. The number of hydrogen-bond acceptors (Lipinski definition) is 6. The number of amides is 2. The summed E-state index contributed by atoms with van der Waals surface area (Å²) in [5, 5.41) is 9.99. The molecule has 2 amide bonds. The van der Waals surface area contributed by atoms with Crippen LogP contribution >= 0.6 is 0 Å². The third kappa shape index (κ3) is 4.12. The Balaban J connectivity index is 1.54. The predicted octanol–water partition coefficient (Wildman–Crippen LogP) is 1.15. The van der Waals surface area contributed by atoms with Crippen LogP contribution in [-0.2, 0) is 9.53 Å². The summed E-state index contributed by atoms with van der Waals surface area (Å²) in [6.45, 7) is 3.15. The van der Waals surface area contributed by atoms with Gasteiger partial charge in [-0.25, -0.2) is 14.4 Å². The van der Waals surface area contributed by atoms with Crippen LogP contribution in [0.4, 0.5) is 4.39 Å². The second-order valence-electron chi connectivity index (χ2n) is 7.41. The molecule has 2 N–H and O–H groups in total. The Morgan fingerprint density at radius 2 is 2.14 bits per heavy atom. The minimum atomic E-state index is -0.683. The molecule has 0 aromatic carbocycles. The monoisotopic (exact) mass is 402 g/mol. The highest BCUT2D eigenvalue weighted by Crippen LogP contribution is 2.32. The van der Waals surface area contributed by atoms with Crippen molar-refractivity contribution in [1.29, 1.82) is 0 Å². The SMILES string of the molecule is Cc1nc([C@@H]2C[C@H](NC(=O)C3CCOCC3)CN2C(=O)c2ncccc2F)n[nH]1. The Hall–Kier alpha value is -2.88. The van der Waals surface area contributed by atoms with Crippen molar-refractivity contribution in [2.75, 3.05) is 19.8 Å². The van der Waals surface area contributed by atoms with Gasteiger partial charge in [-0.1, -0.05) is 0 Å². The second-order valence-corrected chi connectivity index (χ2v) is 7.41. The number of rotatable bonds is 4. The van der Waals surface area contributed by atoms with Crippen molar-refractivity contribution in [2.45, 2.75) is 38.3 Å². The van der Waals surface area contributed by atoms with E-state index in [4.69, 9.17) is 4.74 Å². The molecule has 0 bridgehead atoms. The van der Waals surface area contributed by atoms with Gasteiger partial charge in [0.05, 0.1) is 6.04 Å². The summed E-state index contributed by atoms with van der Waals surface area (Å²) in [7, 11) is 0. The molecule has 29 heavy (non-hydrogen) atoms. The fourth-order valence-corrected chi connectivity index (χ4v) is 3.88. The van der Waals surface area contributed by atoms with Crippen molar-refractivity contribution in [1.82, 2.24) is 30.4 Å². The molecule has 9 nitrogen and oxygen atoms in total. The number of aromatic nitrogens is 4. The van der Waals surface area contributed by atoms with Crippen molar-refractivity contribution in [3.63, 3.8) is 0 Å². The van der Waals surface area contributed by atoms with Gasteiger partial charge in [-0.2, -0.15) is 5.10 Å². The van der Waals surface area contributed by atoms with Gasteiger partial charge < -0.3 is 15.0 Å². The summed E-state index contributed by atoms with van der Waals surface area (Å²) < 4.78 is 19.5. The molecule has 0 saturated carbocycles. The molecule has 0 radical (unpaired) electrons. The predicted molar refractivity (Wildman–Crippen MR) is 99.2 cm³/mol. The van der Waals surface area contributed by atoms with Crippen LogP contribution < -0.4 is 5.32 Å². The first-order chi connectivity index (χ1) is 14.0. The molecule has 4 heterocycles. The Morgan fingerprint density at radius 3 is 2.83 bits per heavy atom. The smallest absolute Gasteiger partial charge is 0.276 e. The molecule has 4 rings (SSSR count). The van der Waals surface area contributed by atoms with Gasteiger partial charge in [0, 0.05) is 37.9 Å². The first kappa shape index (κ1) is 19.4.